The van der Waals surface area contributed by atoms with E-state index in [1.807, 2.05) is 30.3 Å². The van der Waals surface area contributed by atoms with Gasteiger partial charge < -0.3 is 19.2 Å². The number of oxazole rings is 1. The minimum absolute atomic E-state index is 0.102. The summed E-state index contributed by atoms with van der Waals surface area (Å²) in [6, 6.07) is 13.1. The number of carbonyl (C=O) groups excluding carboxylic acids is 1. The van der Waals surface area contributed by atoms with E-state index >= 15 is 0 Å². The number of amides is 1. The zero-order chi connectivity index (χ0) is 19.5. The average molecular weight is 399 g/mol. The Kier molecular flexibility index (Phi) is 5.21. The van der Waals surface area contributed by atoms with Crippen molar-refractivity contribution in [3.63, 3.8) is 0 Å². The van der Waals surface area contributed by atoms with Gasteiger partial charge in [0.1, 0.15) is 5.76 Å². The van der Waals surface area contributed by atoms with Crippen molar-refractivity contribution in [1.82, 2.24) is 10.3 Å². The molecular weight excluding hydrogens is 380 g/mol. The number of ether oxygens (including phenoxy) is 2. The molecule has 28 heavy (non-hydrogen) atoms. The highest BCUT2D eigenvalue weighted by Crippen LogP contribution is 2.32. The average Bonchev–Trinajstić information content (AvgIpc) is 3.28. The molecule has 0 fully saturated rings. The molecule has 1 aliphatic rings. The van der Waals surface area contributed by atoms with Gasteiger partial charge in [0.25, 0.3) is 0 Å². The van der Waals surface area contributed by atoms with Crippen LogP contribution in [0.5, 0.6) is 11.5 Å². The summed E-state index contributed by atoms with van der Waals surface area (Å²) in [6.45, 7) is 2.58. The number of fused-ring (bicyclic) bond motifs is 1. The smallest absolute Gasteiger partial charge is 0.231 e. The van der Waals surface area contributed by atoms with Crippen LogP contribution in [0.25, 0.3) is 11.5 Å². The van der Waals surface area contributed by atoms with Crippen molar-refractivity contribution >= 4 is 17.5 Å². The molecule has 1 aromatic heterocycles. The number of halogens is 1. The normalized spacial score (nSPS) is 12.2. The first kappa shape index (κ1) is 18.4. The Balaban J connectivity index is 1.32. The van der Waals surface area contributed by atoms with E-state index in [9.17, 15) is 4.79 Å². The summed E-state index contributed by atoms with van der Waals surface area (Å²) < 4.78 is 16.4. The zero-order valence-electron chi connectivity index (χ0n) is 15.3. The molecule has 0 atom stereocenters. The van der Waals surface area contributed by atoms with E-state index in [4.69, 9.17) is 25.5 Å². The fourth-order valence-electron chi connectivity index (χ4n) is 2.99. The number of carbonyl (C=O) groups is 1. The van der Waals surface area contributed by atoms with E-state index in [-0.39, 0.29) is 19.1 Å². The topological polar surface area (TPSA) is 73.6 Å². The molecule has 0 saturated carbocycles. The van der Waals surface area contributed by atoms with Gasteiger partial charge in [0, 0.05) is 17.1 Å². The first-order valence-electron chi connectivity index (χ1n) is 8.96. The van der Waals surface area contributed by atoms with Crippen LogP contribution < -0.4 is 14.8 Å². The molecule has 4 rings (SSSR count). The first-order valence-corrected chi connectivity index (χ1v) is 9.34. The van der Waals surface area contributed by atoms with E-state index in [0.717, 1.165) is 22.6 Å². The Morgan fingerprint density at radius 1 is 1.18 bits per heavy atom. The van der Waals surface area contributed by atoms with Gasteiger partial charge in [0.2, 0.25) is 18.6 Å². The molecule has 2 aromatic carbocycles. The first-order chi connectivity index (χ1) is 13.6. The van der Waals surface area contributed by atoms with Crippen LogP contribution >= 0.6 is 11.6 Å². The minimum Gasteiger partial charge on any atom is -0.454 e. The number of aromatic nitrogens is 1. The van der Waals surface area contributed by atoms with E-state index in [1.54, 1.807) is 19.1 Å². The lowest BCUT2D eigenvalue weighted by Gasteiger charge is -2.05. The van der Waals surface area contributed by atoms with E-state index in [0.29, 0.717) is 35.3 Å². The van der Waals surface area contributed by atoms with Gasteiger partial charge in [-0.1, -0.05) is 23.7 Å². The van der Waals surface area contributed by atoms with Crippen molar-refractivity contribution in [3.05, 3.63) is 64.5 Å². The summed E-state index contributed by atoms with van der Waals surface area (Å²) in [5, 5.41) is 3.53. The summed E-state index contributed by atoms with van der Waals surface area (Å²) in [4.78, 5) is 16.7. The Morgan fingerprint density at radius 2 is 2.04 bits per heavy atom. The van der Waals surface area contributed by atoms with Crippen LogP contribution in [-0.2, 0) is 17.6 Å². The Hall–Kier alpha value is -2.99. The van der Waals surface area contributed by atoms with Crippen LogP contribution in [0.3, 0.4) is 0 Å². The predicted octanol–water partition coefficient (Wildman–Crippen LogP) is 3.93. The second-order valence-corrected chi connectivity index (χ2v) is 6.93. The molecule has 0 saturated heterocycles. The maximum Gasteiger partial charge on any atom is 0.231 e. The van der Waals surface area contributed by atoms with Gasteiger partial charge in [-0.25, -0.2) is 4.98 Å². The highest BCUT2D eigenvalue weighted by Gasteiger charge is 2.16. The molecule has 0 radical (unpaired) electrons. The van der Waals surface area contributed by atoms with Crippen molar-refractivity contribution in [2.75, 3.05) is 13.3 Å². The van der Waals surface area contributed by atoms with Crippen molar-refractivity contribution in [2.24, 2.45) is 0 Å². The van der Waals surface area contributed by atoms with Gasteiger partial charge in [0.05, 0.1) is 12.1 Å². The lowest BCUT2D eigenvalue weighted by atomic mass is 10.1. The van der Waals surface area contributed by atoms with E-state index in [2.05, 4.69) is 10.3 Å². The molecule has 2 heterocycles. The van der Waals surface area contributed by atoms with E-state index in [1.165, 1.54) is 0 Å². The van der Waals surface area contributed by atoms with Crippen LogP contribution in [-0.4, -0.2) is 24.2 Å². The molecule has 0 spiro atoms. The SMILES string of the molecule is Cc1oc(-c2cccc(Cl)c2)nc1CC(=O)NCCc1ccc2c(c1)OCO2. The fraction of sp³-hybridized carbons (Fsp3) is 0.238. The lowest BCUT2D eigenvalue weighted by molar-refractivity contribution is -0.120. The summed E-state index contributed by atoms with van der Waals surface area (Å²) in [5.74, 6) is 2.49. The maximum atomic E-state index is 12.3. The summed E-state index contributed by atoms with van der Waals surface area (Å²) >= 11 is 6.02. The van der Waals surface area contributed by atoms with Gasteiger partial charge in [-0.05, 0) is 49.2 Å². The second kappa shape index (κ2) is 7.94. The number of aryl methyl sites for hydroxylation is 1. The number of hydrogen-bond donors (Lipinski definition) is 1. The Bertz CT molecular complexity index is 1020. The quantitative estimate of drug-likeness (QED) is 0.681. The molecule has 3 aromatic rings. The third-order valence-electron chi connectivity index (χ3n) is 4.47. The lowest BCUT2D eigenvalue weighted by Crippen LogP contribution is -2.27. The van der Waals surface area contributed by atoms with Crippen LogP contribution in [0.2, 0.25) is 5.02 Å². The van der Waals surface area contributed by atoms with Crippen molar-refractivity contribution in [1.29, 1.82) is 0 Å². The molecule has 0 unspecified atom stereocenters. The Morgan fingerprint density at radius 3 is 2.89 bits per heavy atom. The molecule has 0 bridgehead atoms. The highest BCUT2D eigenvalue weighted by molar-refractivity contribution is 6.30. The summed E-state index contributed by atoms with van der Waals surface area (Å²) in [7, 11) is 0. The van der Waals surface area contributed by atoms with Gasteiger partial charge >= 0.3 is 0 Å². The number of benzene rings is 2. The second-order valence-electron chi connectivity index (χ2n) is 6.50. The van der Waals surface area contributed by atoms with Crippen LogP contribution in [0.4, 0.5) is 0 Å². The molecule has 6 nitrogen and oxygen atoms in total. The standard InChI is InChI=1S/C21H19ClN2O4/c1-13-17(24-21(28-13)15-3-2-4-16(22)10-15)11-20(25)23-8-7-14-5-6-18-19(9-14)27-12-26-18/h2-6,9-10H,7-8,11-12H2,1H3,(H,23,25). The number of nitrogens with zero attached hydrogens (tertiary/aromatic N) is 1. The largest absolute Gasteiger partial charge is 0.454 e. The van der Waals surface area contributed by atoms with Gasteiger partial charge in [-0.3, -0.25) is 4.79 Å². The molecule has 144 valence electrons. The fourth-order valence-corrected chi connectivity index (χ4v) is 3.18. The van der Waals surface area contributed by atoms with Gasteiger partial charge in [-0.15, -0.1) is 0 Å². The van der Waals surface area contributed by atoms with Gasteiger partial charge in [-0.2, -0.15) is 0 Å². The predicted molar refractivity (Wildman–Crippen MR) is 105 cm³/mol. The van der Waals surface area contributed by atoms with Crippen molar-refractivity contribution in [3.8, 4) is 23.0 Å². The minimum atomic E-state index is -0.102. The molecule has 1 N–H and O–H groups in total. The van der Waals surface area contributed by atoms with Crippen LogP contribution in [0, 0.1) is 6.92 Å². The molecule has 7 heteroatoms. The number of hydrogen-bond acceptors (Lipinski definition) is 5. The van der Waals surface area contributed by atoms with Crippen LogP contribution in [0.15, 0.2) is 46.9 Å². The zero-order valence-corrected chi connectivity index (χ0v) is 16.1. The van der Waals surface area contributed by atoms with E-state index < -0.39 is 0 Å². The monoisotopic (exact) mass is 398 g/mol. The third-order valence-corrected chi connectivity index (χ3v) is 4.70. The summed E-state index contributed by atoms with van der Waals surface area (Å²) in [6.07, 6.45) is 0.866. The molecule has 1 aliphatic heterocycles. The molecule has 0 aliphatic carbocycles. The number of rotatable bonds is 6. The highest BCUT2D eigenvalue weighted by atomic mass is 35.5. The maximum absolute atomic E-state index is 12.3. The Labute approximate surface area is 167 Å². The van der Waals surface area contributed by atoms with Crippen LogP contribution in [0.1, 0.15) is 17.0 Å². The molecular formula is C21H19ClN2O4. The third kappa shape index (κ3) is 4.12. The van der Waals surface area contributed by atoms with Gasteiger partial charge in [0.15, 0.2) is 11.5 Å². The molecule has 1 amide bonds. The number of nitrogens with one attached hydrogen (secondary N) is 1. The van der Waals surface area contributed by atoms with Crippen molar-refractivity contribution in [2.45, 2.75) is 19.8 Å². The summed E-state index contributed by atoms with van der Waals surface area (Å²) in [5.41, 5.74) is 2.48. The van der Waals surface area contributed by atoms with Crippen molar-refractivity contribution < 1.29 is 18.7 Å².